The predicted molar refractivity (Wildman–Crippen MR) is 202 cm³/mol. The summed E-state index contributed by atoms with van der Waals surface area (Å²) in [5, 5.41) is 25.1. The second kappa shape index (κ2) is 25.2. The minimum atomic E-state index is -0.885. The van der Waals surface area contributed by atoms with Gasteiger partial charge < -0.3 is 26.3 Å². The summed E-state index contributed by atoms with van der Waals surface area (Å²) in [6, 6.07) is -1.25. The van der Waals surface area contributed by atoms with Crippen LogP contribution in [0.1, 0.15) is 105 Å². The Morgan fingerprint density at radius 3 is 1.85 bits per heavy atom. The number of hydroxylamine groups is 4. The van der Waals surface area contributed by atoms with Crippen LogP contribution in [0, 0.1) is 11.8 Å². The molecule has 13 heteroatoms. The van der Waals surface area contributed by atoms with E-state index in [0.29, 0.717) is 85.9 Å². The van der Waals surface area contributed by atoms with Crippen molar-refractivity contribution in [1.29, 1.82) is 0 Å². The molecular weight excluding hydrogens is 666 g/mol. The van der Waals surface area contributed by atoms with Crippen LogP contribution in [0.5, 0.6) is 0 Å². The minimum absolute atomic E-state index is 0.00364. The highest BCUT2D eigenvalue weighted by Crippen LogP contribution is 2.22. The number of nitrogens with two attached hydrogens (primary N) is 2. The third kappa shape index (κ3) is 19.7. The van der Waals surface area contributed by atoms with E-state index >= 15 is 0 Å². The van der Waals surface area contributed by atoms with E-state index < -0.39 is 23.8 Å². The van der Waals surface area contributed by atoms with Gasteiger partial charge in [0, 0.05) is 62.7 Å². The number of Topliss-reactive ketones (excluding diaryl/α,β-unsaturated/α-hetero) is 1. The number of amides is 2. The number of allylic oxidation sites excluding steroid dienone is 2. The van der Waals surface area contributed by atoms with E-state index in [1.54, 1.807) is 13.8 Å². The number of rotatable bonds is 1. The number of carbonyl (C=O) groups excluding carboxylic acids is 4. The van der Waals surface area contributed by atoms with Gasteiger partial charge in [0.05, 0.1) is 19.3 Å². The molecule has 13 nitrogen and oxygen atoms in total. The Balaban J connectivity index is 2.88. The second-order valence-corrected chi connectivity index (χ2v) is 14.1. The van der Waals surface area contributed by atoms with Crippen LogP contribution >= 0.6 is 0 Å². The average Bonchev–Trinajstić information content (AvgIpc) is 3.07. The van der Waals surface area contributed by atoms with Gasteiger partial charge in [-0.1, -0.05) is 43.7 Å². The summed E-state index contributed by atoms with van der Waals surface area (Å²) in [5.74, 6) is -1.26. The number of esters is 1. The van der Waals surface area contributed by atoms with Crippen molar-refractivity contribution >= 4 is 23.6 Å². The summed E-state index contributed by atoms with van der Waals surface area (Å²) in [7, 11) is 0. The fourth-order valence-corrected chi connectivity index (χ4v) is 5.59. The fourth-order valence-electron chi connectivity index (χ4n) is 5.59. The number of ketones is 1. The van der Waals surface area contributed by atoms with Gasteiger partial charge in [0.25, 0.3) is 11.8 Å². The largest absolute Gasteiger partial charge is 0.497 e. The molecule has 3 atom stereocenters. The van der Waals surface area contributed by atoms with Crippen molar-refractivity contribution in [2.24, 2.45) is 23.3 Å². The molecule has 1 heterocycles. The zero-order valence-electron chi connectivity index (χ0n) is 32.2. The molecule has 0 aromatic heterocycles. The first kappa shape index (κ1) is 46.2. The highest BCUT2D eigenvalue weighted by Gasteiger charge is 2.22. The second-order valence-electron chi connectivity index (χ2n) is 14.1. The quantitative estimate of drug-likeness (QED) is 0.175. The van der Waals surface area contributed by atoms with Crippen molar-refractivity contribution in [3.63, 3.8) is 0 Å². The number of ether oxygens (including phenoxy) is 2. The van der Waals surface area contributed by atoms with E-state index in [0.717, 1.165) is 23.1 Å². The van der Waals surface area contributed by atoms with Gasteiger partial charge in [-0.3, -0.25) is 29.6 Å². The SMILES string of the molecule is C=C1/C=C(/C)CCOC(=O)C(N)CCCN(O)C(=O)/C=C(/C)CCCC(=O)C(C(C)C)CCCN(O)C(=O)/C=C(/C)CCOC(=C)C(N)CCCN1. The Labute approximate surface area is 310 Å². The summed E-state index contributed by atoms with van der Waals surface area (Å²) in [6.07, 6.45) is 9.80. The third-order valence-corrected chi connectivity index (χ3v) is 8.94. The number of hydrogen-bond donors (Lipinski definition) is 5. The van der Waals surface area contributed by atoms with Crippen LogP contribution < -0.4 is 16.8 Å². The van der Waals surface area contributed by atoms with Gasteiger partial charge in [-0.05, 0) is 84.1 Å². The summed E-state index contributed by atoms with van der Waals surface area (Å²) in [5.41, 5.74) is 15.4. The van der Waals surface area contributed by atoms with Crippen LogP contribution in [0.15, 0.2) is 59.6 Å². The van der Waals surface area contributed by atoms with Crippen molar-refractivity contribution in [3.05, 3.63) is 59.6 Å². The number of nitrogens with zero attached hydrogens (tertiary/aromatic N) is 2. The highest BCUT2D eigenvalue weighted by molar-refractivity contribution is 5.87. The van der Waals surface area contributed by atoms with Gasteiger partial charge in [-0.25, -0.2) is 10.1 Å². The van der Waals surface area contributed by atoms with Crippen molar-refractivity contribution in [2.75, 3.05) is 32.8 Å². The maximum absolute atomic E-state index is 13.1. The molecule has 0 saturated carbocycles. The van der Waals surface area contributed by atoms with Crippen molar-refractivity contribution in [1.82, 2.24) is 15.4 Å². The molecule has 0 aromatic rings. The molecule has 0 bridgehead atoms. The molecule has 0 spiro atoms. The van der Waals surface area contributed by atoms with Crippen LogP contribution in [0.25, 0.3) is 0 Å². The van der Waals surface area contributed by atoms with Crippen LogP contribution in [-0.2, 0) is 28.7 Å². The van der Waals surface area contributed by atoms with Crippen LogP contribution in [0.2, 0.25) is 0 Å². The first-order chi connectivity index (χ1) is 24.5. The van der Waals surface area contributed by atoms with Gasteiger partial charge in [-0.15, -0.1) is 0 Å². The lowest BCUT2D eigenvalue weighted by Gasteiger charge is -2.21. The van der Waals surface area contributed by atoms with E-state index in [1.807, 2.05) is 26.8 Å². The van der Waals surface area contributed by atoms with Gasteiger partial charge in [-0.2, -0.15) is 0 Å². The van der Waals surface area contributed by atoms with E-state index in [2.05, 4.69) is 18.5 Å². The van der Waals surface area contributed by atoms with Gasteiger partial charge in [0.1, 0.15) is 17.6 Å². The molecule has 1 aliphatic rings. The molecule has 52 heavy (non-hydrogen) atoms. The molecule has 0 saturated heterocycles. The first-order valence-corrected chi connectivity index (χ1v) is 18.5. The average molecular weight is 732 g/mol. The molecule has 7 N–H and O–H groups in total. The lowest BCUT2D eigenvalue weighted by molar-refractivity contribution is -0.160. The van der Waals surface area contributed by atoms with E-state index in [9.17, 15) is 29.6 Å². The van der Waals surface area contributed by atoms with E-state index in [1.165, 1.54) is 12.2 Å². The Kier molecular flexibility index (Phi) is 22.4. The molecule has 0 radical (unpaired) electrons. The molecule has 1 rings (SSSR count). The zero-order valence-corrected chi connectivity index (χ0v) is 32.2. The zero-order chi connectivity index (χ0) is 39.2. The summed E-state index contributed by atoms with van der Waals surface area (Å²) in [4.78, 5) is 50.5. The third-order valence-electron chi connectivity index (χ3n) is 8.94. The fraction of sp³-hybridized carbons (Fsp3) is 0.641. The lowest BCUT2D eigenvalue weighted by Crippen LogP contribution is -2.34. The van der Waals surface area contributed by atoms with Crippen LogP contribution in [0.4, 0.5) is 0 Å². The molecule has 1 aliphatic heterocycles. The summed E-state index contributed by atoms with van der Waals surface area (Å²) < 4.78 is 11.1. The lowest BCUT2D eigenvalue weighted by atomic mass is 9.85. The number of carbonyl (C=O) groups is 4. The van der Waals surface area contributed by atoms with Crippen LogP contribution in [0.3, 0.4) is 0 Å². The smallest absolute Gasteiger partial charge is 0.322 e. The number of cyclic esters (lactones) is 1. The first-order valence-electron chi connectivity index (χ1n) is 18.5. The van der Waals surface area contributed by atoms with Crippen LogP contribution in [-0.4, -0.2) is 89.0 Å². The summed E-state index contributed by atoms with van der Waals surface area (Å²) in [6.45, 7) is 18.6. The van der Waals surface area contributed by atoms with Gasteiger partial charge >= 0.3 is 5.97 Å². The molecular formula is C39H65N5O8. The van der Waals surface area contributed by atoms with Gasteiger partial charge in [0.2, 0.25) is 0 Å². The summed E-state index contributed by atoms with van der Waals surface area (Å²) >= 11 is 0. The maximum Gasteiger partial charge on any atom is 0.322 e. The van der Waals surface area contributed by atoms with Crippen molar-refractivity contribution in [3.8, 4) is 0 Å². The van der Waals surface area contributed by atoms with E-state index in [4.69, 9.17) is 20.9 Å². The molecule has 0 aliphatic carbocycles. The van der Waals surface area contributed by atoms with Crippen molar-refractivity contribution in [2.45, 2.75) is 117 Å². The number of hydrogen-bond acceptors (Lipinski definition) is 11. The Hall–Kier alpha value is -3.78. The molecule has 294 valence electrons. The molecule has 0 aromatic carbocycles. The predicted octanol–water partition coefficient (Wildman–Crippen LogP) is 5.24. The standard InChI is InChI=1S/C39H65N5O8/c1-27(2)33-13-10-20-43(49)38(47)26-30(5)17-22-51-32(7)34(40)14-9-19-42-31(6)24-29(4)18-23-52-39(48)35(41)15-11-21-44(50)37(46)25-28(3)12-8-16-36(33)45/h24-27,33-35,42,49-50H,6-23,40-41H2,1-5H3/b28-25-,29-24-,30-26-. The topological polar surface area (TPSA) is 198 Å². The Bertz CT molecular complexity index is 1290. The monoisotopic (exact) mass is 731 g/mol. The maximum atomic E-state index is 13.1. The van der Waals surface area contributed by atoms with Gasteiger partial charge in [0.15, 0.2) is 0 Å². The van der Waals surface area contributed by atoms with Crippen molar-refractivity contribution < 1.29 is 39.1 Å². The normalized spacial score (nSPS) is 27.3. The molecule has 2 amide bonds. The number of nitrogens with one attached hydrogen (secondary N) is 1. The Morgan fingerprint density at radius 2 is 1.25 bits per heavy atom. The molecule has 3 unspecified atom stereocenters. The minimum Gasteiger partial charge on any atom is -0.497 e. The highest BCUT2D eigenvalue weighted by atomic mass is 16.5. The van der Waals surface area contributed by atoms with E-state index in [-0.39, 0.29) is 56.4 Å². The Morgan fingerprint density at radius 1 is 0.731 bits per heavy atom. The molecule has 0 fully saturated rings.